The van der Waals surface area contributed by atoms with E-state index in [4.69, 9.17) is 0 Å². The number of rotatable bonds is 3. The van der Waals surface area contributed by atoms with E-state index in [0.29, 0.717) is 5.92 Å². The Morgan fingerprint density at radius 3 is 2.25 bits per heavy atom. The molecule has 1 atom stereocenters. The monoisotopic (exact) mass is 161 g/mol. The SMILES string of the molecule is C[C](C)CC(C)c1ccccc1. The molecular formula is C12H17. The van der Waals surface area contributed by atoms with Gasteiger partial charge in [0.15, 0.2) is 0 Å². The minimum Gasteiger partial charge on any atom is -0.0622 e. The number of hydrogen-bond donors (Lipinski definition) is 0. The summed E-state index contributed by atoms with van der Waals surface area (Å²) in [4.78, 5) is 0. The first-order valence-electron chi connectivity index (χ1n) is 4.54. The zero-order valence-corrected chi connectivity index (χ0v) is 8.17. The van der Waals surface area contributed by atoms with Crippen LogP contribution < -0.4 is 0 Å². The number of hydrogen-bond acceptors (Lipinski definition) is 0. The molecule has 1 aromatic carbocycles. The van der Waals surface area contributed by atoms with Crippen molar-refractivity contribution in [3.63, 3.8) is 0 Å². The average Bonchev–Trinajstić information content (AvgIpc) is 2.05. The van der Waals surface area contributed by atoms with Gasteiger partial charge >= 0.3 is 0 Å². The van der Waals surface area contributed by atoms with Gasteiger partial charge in [-0.3, -0.25) is 0 Å². The molecule has 0 saturated heterocycles. The molecule has 12 heavy (non-hydrogen) atoms. The van der Waals surface area contributed by atoms with E-state index in [2.05, 4.69) is 51.1 Å². The molecular weight excluding hydrogens is 144 g/mol. The predicted molar refractivity (Wildman–Crippen MR) is 54.1 cm³/mol. The Kier molecular flexibility index (Phi) is 3.33. The van der Waals surface area contributed by atoms with E-state index in [1.807, 2.05) is 0 Å². The molecule has 0 saturated carbocycles. The highest BCUT2D eigenvalue weighted by Crippen LogP contribution is 2.23. The van der Waals surface area contributed by atoms with E-state index in [0.717, 1.165) is 0 Å². The van der Waals surface area contributed by atoms with Gasteiger partial charge in [-0.15, -0.1) is 0 Å². The standard InChI is InChI=1S/C12H17/c1-10(2)9-11(3)12-7-5-4-6-8-12/h4-8,11H,9H2,1-3H3. The van der Waals surface area contributed by atoms with Crippen LogP contribution in [0.1, 0.15) is 38.7 Å². The summed E-state index contributed by atoms with van der Waals surface area (Å²) in [6, 6.07) is 10.7. The zero-order chi connectivity index (χ0) is 8.97. The van der Waals surface area contributed by atoms with E-state index in [9.17, 15) is 0 Å². The summed E-state index contributed by atoms with van der Waals surface area (Å²) in [6.07, 6.45) is 1.20. The van der Waals surface area contributed by atoms with E-state index < -0.39 is 0 Å². The topological polar surface area (TPSA) is 0 Å². The molecule has 1 radical (unpaired) electrons. The van der Waals surface area contributed by atoms with E-state index in [-0.39, 0.29) is 0 Å². The van der Waals surface area contributed by atoms with Crippen molar-refractivity contribution in [1.82, 2.24) is 0 Å². The van der Waals surface area contributed by atoms with Gasteiger partial charge in [-0.1, -0.05) is 51.1 Å². The fourth-order valence-electron chi connectivity index (χ4n) is 1.51. The molecule has 0 bridgehead atoms. The molecule has 65 valence electrons. The van der Waals surface area contributed by atoms with Gasteiger partial charge in [0.25, 0.3) is 0 Å². The first kappa shape index (κ1) is 9.31. The normalized spacial score (nSPS) is 13.3. The van der Waals surface area contributed by atoms with Crippen molar-refractivity contribution in [3.8, 4) is 0 Å². The molecule has 1 unspecified atom stereocenters. The molecule has 0 fully saturated rings. The molecule has 0 aliphatic rings. The lowest BCUT2D eigenvalue weighted by Gasteiger charge is -2.13. The van der Waals surface area contributed by atoms with Gasteiger partial charge in [-0.25, -0.2) is 0 Å². The molecule has 0 aliphatic carbocycles. The quantitative estimate of drug-likeness (QED) is 0.632. The molecule has 0 spiro atoms. The van der Waals surface area contributed by atoms with Crippen molar-refractivity contribution < 1.29 is 0 Å². The molecule has 0 aliphatic heterocycles. The van der Waals surface area contributed by atoms with E-state index in [1.54, 1.807) is 0 Å². The van der Waals surface area contributed by atoms with E-state index >= 15 is 0 Å². The third kappa shape index (κ3) is 2.69. The molecule has 0 nitrogen and oxygen atoms in total. The van der Waals surface area contributed by atoms with Crippen LogP contribution in [-0.4, -0.2) is 0 Å². The van der Waals surface area contributed by atoms with Crippen LogP contribution in [0.2, 0.25) is 0 Å². The summed E-state index contributed by atoms with van der Waals surface area (Å²) in [7, 11) is 0. The maximum Gasteiger partial charge on any atom is -0.0185 e. The molecule has 0 N–H and O–H groups in total. The largest absolute Gasteiger partial charge is 0.0622 e. The van der Waals surface area contributed by atoms with Gasteiger partial charge in [0.05, 0.1) is 0 Å². The van der Waals surface area contributed by atoms with Crippen molar-refractivity contribution in [2.75, 3.05) is 0 Å². The summed E-state index contributed by atoms with van der Waals surface area (Å²) < 4.78 is 0. The van der Waals surface area contributed by atoms with Crippen LogP contribution in [0.5, 0.6) is 0 Å². The molecule has 1 aromatic rings. The van der Waals surface area contributed by atoms with Gasteiger partial charge in [0.1, 0.15) is 0 Å². The Hall–Kier alpha value is -0.780. The van der Waals surface area contributed by atoms with Crippen LogP contribution in [0.3, 0.4) is 0 Å². The first-order valence-corrected chi connectivity index (χ1v) is 4.54. The van der Waals surface area contributed by atoms with Crippen molar-refractivity contribution >= 4 is 0 Å². The summed E-state index contributed by atoms with van der Waals surface area (Å²) in [6.45, 7) is 6.67. The van der Waals surface area contributed by atoms with Gasteiger partial charge in [0, 0.05) is 0 Å². The molecule has 0 heterocycles. The Balaban J connectivity index is 2.59. The Bertz CT molecular complexity index is 211. The van der Waals surface area contributed by atoms with Gasteiger partial charge in [-0.2, -0.15) is 0 Å². The molecule has 0 heteroatoms. The second-order valence-corrected chi connectivity index (χ2v) is 3.72. The smallest absolute Gasteiger partial charge is 0.0185 e. The average molecular weight is 161 g/mol. The second kappa shape index (κ2) is 4.30. The highest BCUT2D eigenvalue weighted by Gasteiger charge is 2.06. The second-order valence-electron chi connectivity index (χ2n) is 3.72. The third-order valence-electron chi connectivity index (χ3n) is 2.08. The fraction of sp³-hybridized carbons (Fsp3) is 0.417. The number of benzene rings is 1. The Morgan fingerprint density at radius 1 is 1.17 bits per heavy atom. The fourth-order valence-corrected chi connectivity index (χ4v) is 1.51. The van der Waals surface area contributed by atoms with Crippen LogP contribution in [-0.2, 0) is 0 Å². The lowest BCUT2D eigenvalue weighted by Crippen LogP contribution is -1.96. The maximum atomic E-state index is 2.28. The van der Waals surface area contributed by atoms with E-state index in [1.165, 1.54) is 17.9 Å². The van der Waals surface area contributed by atoms with Crippen LogP contribution >= 0.6 is 0 Å². The van der Waals surface area contributed by atoms with Gasteiger partial charge in [0.2, 0.25) is 0 Å². The van der Waals surface area contributed by atoms with Crippen LogP contribution in [0.25, 0.3) is 0 Å². The highest BCUT2D eigenvalue weighted by atomic mass is 14.1. The molecule has 0 aromatic heterocycles. The van der Waals surface area contributed by atoms with Crippen molar-refractivity contribution in [2.45, 2.75) is 33.1 Å². The zero-order valence-electron chi connectivity index (χ0n) is 8.17. The molecule has 1 rings (SSSR count). The maximum absolute atomic E-state index is 2.28. The Morgan fingerprint density at radius 2 is 1.75 bits per heavy atom. The lowest BCUT2D eigenvalue weighted by molar-refractivity contribution is 0.693. The summed E-state index contributed by atoms with van der Waals surface area (Å²) in [5.74, 6) is 2.17. The minimum atomic E-state index is 0.663. The Labute approximate surface area is 75.6 Å². The van der Waals surface area contributed by atoms with Crippen molar-refractivity contribution in [2.24, 2.45) is 0 Å². The minimum absolute atomic E-state index is 0.663. The van der Waals surface area contributed by atoms with Crippen molar-refractivity contribution in [3.05, 3.63) is 41.8 Å². The lowest BCUT2D eigenvalue weighted by atomic mass is 9.92. The van der Waals surface area contributed by atoms with Crippen molar-refractivity contribution in [1.29, 1.82) is 0 Å². The highest BCUT2D eigenvalue weighted by molar-refractivity contribution is 5.19. The van der Waals surface area contributed by atoms with Gasteiger partial charge < -0.3 is 0 Å². The summed E-state index contributed by atoms with van der Waals surface area (Å²) in [5.41, 5.74) is 1.44. The van der Waals surface area contributed by atoms with Gasteiger partial charge in [-0.05, 0) is 23.8 Å². The first-order chi connectivity index (χ1) is 5.70. The third-order valence-corrected chi connectivity index (χ3v) is 2.08. The van der Waals surface area contributed by atoms with Crippen LogP contribution in [0.15, 0.2) is 30.3 Å². The summed E-state index contributed by atoms with van der Waals surface area (Å²) >= 11 is 0. The van der Waals surface area contributed by atoms with Crippen LogP contribution in [0.4, 0.5) is 0 Å². The predicted octanol–water partition coefficient (Wildman–Crippen LogP) is 3.79. The van der Waals surface area contributed by atoms with Crippen LogP contribution in [0, 0.1) is 5.92 Å². The molecule has 0 amide bonds. The summed E-state index contributed by atoms with van der Waals surface area (Å²) in [5, 5.41) is 0.